The Morgan fingerprint density at radius 2 is 2.17 bits per heavy atom. The van der Waals surface area contributed by atoms with Gasteiger partial charge in [0, 0.05) is 4.88 Å². The van der Waals surface area contributed by atoms with Crippen molar-refractivity contribution in [1.29, 1.82) is 0 Å². The maximum atomic E-state index is 5.94. The molecule has 0 bridgehead atoms. The third-order valence-corrected chi connectivity index (χ3v) is 4.66. The largest absolute Gasteiger partial charge is 0.380 e. The molecule has 3 heterocycles. The molecule has 0 spiro atoms. The summed E-state index contributed by atoms with van der Waals surface area (Å²) in [6.07, 6.45) is 0.976. The molecule has 0 fully saturated rings. The highest BCUT2D eigenvalue weighted by Crippen LogP contribution is 2.42. The minimum atomic E-state index is 0.461. The molecule has 0 saturated carbocycles. The summed E-state index contributed by atoms with van der Waals surface area (Å²) in [7, 11) is 0. The minimum Gasteiger partial charge on any atom is -0.380 e. The second-order valence-corrected chi connectivity index (χ2v) is 5.74. The van der Waals surface area contributed by atoms with Gasteiger partial charge in [-0.25, -0.2) is 0 Å². The van der Waals surface area contributed by atoms with Crippen molar-refractivity contribution in [1.82, 2.24) is 5.16 Å². The zero-order chi connectivity index (χ0) is 12.5. The molecule has 0 unspecified atom stereocenters. The highest BCUT2D eigenvalue weighted by Gasteiger charge is 2.21. The zero-order valence-electron chi connectivity index (χ0n) is 9.84. The number of anilines is 1. The second-order valence-electron chi connectivity index (χ2n) is 3.88. The van der Waals surface area contributed by atoms with Crippen LogP contribution in [0.1, 0.15) is 12.5 Å². The summed E-state index contributed by atoms with van der Waals surface area (Å²) in [5.74, 6) is 1.25. The molecule has 3 nitrogen and oxygen atoms in total. The van der Waals surface area contributed by atoms with Gasteiger partial charge >= 0.3 is 0 Å². The molecular formula is C13H12N2OS2. The summed E-state index contributed by atoms with van der Waals surface area (Å²) in [6.45, 7) is 2.14. The molecule has 18 heavy (non-hydrogen) atoms. The van der Waals surface area contributed by atoms with Crippen molar-refractivity contribution >= 4 is 28.5 Å². The van der Waals surface area contributed by atoms with Crippen molar-refractivity contribution in [3.05, 3.63) is 34.5 Å². The first-order valence-electron chi connectivity index (χ1n) is 5.67. The Hall–Kier alpha value is -1.59. The van der Waals surface area contributed by atoms with Crippen LogP contribution < -0.4 is 5.73 Å². The molecule has 92 valence electrons. The lowest BCUT2D eigenvalue weighted by Crippen LogP contribution is -1.87. The van der Waals surface area contributed by atoms with Crippen molar-refractivity contribution in [2.45, 2.75) is 13.3 Å². The Labute approximate surface area is 113 Å². The predicted octanol–water partition coefficient (Wildman–Crippen LogP) is 4.28. The number of aryl methyl sites for hydroxylation is 1. The first-order valence-corrected chi connectivity index (χ1v) is 7.43. The Morgan fingerprint density at radius 1 is 1.28 bits per heavy atom. The van der Waals surface area contributed by atoms with E-state index in [0.717, 1.165) is 27.5 Å². The van der Waals surface area contributed by atoms with Crippen LogP contribution in [0.4, 0.5) is 5.82 Å². The van der Waals surface area contributed by atoms with Gasteiger partial charge in [0.25, 0.3) is 0 Å². The van der Waals surface area contributed by atoms with E-state index in [9.17, 15) is 0 Å². The summed E-state index contributed by atoms with van der Waals surface area (Å²) >= 11 is 3.31. The molecule has 3 aromatic rings. The lowest BCUT2D eigenvalue weighted by Gasteiger charge is -2.00. The number of nitrogens with zero attached hydrogens (tertiary/aromatic N) is 1. The molecule has 0 aliphatic carbocycles. The van der Waals surface area contributed by atoms with Gasteiger partial charge in [-0.2, -0.15) is 0 Å². The van der Waals surface area contributed by atoms with Crippen molar-refractivity contribution in [3.8, 4) is 21.1 Å². The van der Waals surface area contributed by atoms with E-state index in [1.807, 2.05) is 17.5 Å². The van der Waals surface area contributed by atoms with E-state index in [1.54, 1.807) is 22.7 Å². The van der Waals surface area contributed by atoms with Gasteiger partial charge in [-0.15, -0.1) is 22.7 Å². The molecule has 0 aliphatic heterocycles. The number of hydrogen-bond donors (Lipinski definition) is 1. The lowest BCUT2D eigenvalue weighted by atomic mass is 10.1. The molecule has 0 saturated heterocycles. The lowest BCUT2D eigenvalue weighted by molar-refractivity contribution is 0.436. The number of nitrogen functional groups attached to an aromatic ring is 1. The van der Waals surface area contributed by atoms with E-state index in [1.165, 1.54) is 5.56 Å². The van der Waals surface area contributed by atoms with Crippen LogP contribution in [0.3, 0.4) is 0 Å². The Bertz CT molecular complexity index is 652. The number of rotatable bonds is 3. The molecule has 0 aromatic carbocycles. The predicted molar refractivity (Wildman–Crippen MR) is 76.9 cm³/mol. The number of aromatic nitrogens is 1. The quantitative estimate of drug-likeness (QED) is 0.777. The van der Waals surface area contributed by atoms with Crippen molar-refractivity contribution in [2.75, 3.05) is 5.73 Å². The maximum Gasteiger partial charge on any atom is 0.187 e. The zero-order valence-corrected chi connectivity index (χ0v) is 11.5. The molecule has 0 aliphatic rings. The molecule has 0 amide bonds. The number of hydrogen-bond acceptors (Lipinski definition) is 5. The highest BCUT2D eigenvalue weighted by atomic mass is 32.1. The fourth-order valence-corrected chi connectivity index (χ4v) is 3.68. The van der Waals surface area contributed by atoms with Gasteiger partial charge < -0.3 is 10.3 Å². The van der Waals surface area contributed by atoms with Crippen molar-refractivity contribution in [3.63, 3.8) is 0 Å². The molecule has 2 N–H and O–H groups in total. The number of nitrogens with two attached hydrogens (primary N) is 1. The second kappa shape index (κ2) is 4.59. The van der Waals surface area contributed by atoms with Crippen molar-refractivity contribution in [2.24, 2.45) is 0 Å². The van der Waals surface area contributed by atoms with Gasteiger partial charge in [-0.05, 0) is 34.9 Å². The van der Waals surface area contributed by atoms with Crippen LogP contribution in [0.2, 0.25) is 0 Å². The summed E-state index contributed by atoms with van der Waals surface area (Å²) in [5, 5.41) is 8.02. The fourth-order valence-electron chi connectivity index (χ4n) is 1.93. The van der Waals surface area contributed by atoms with Gasteiger partial charge in [-0.1, -0.05) is 18.1 Å². The van der Waals surface area contributed by atoms with E-state index in [0.29, 0.717) is 5.82 Å². The van der Waals surface area contributed by atoms with Crippen LogP contribution in [0.15, 0.2) is 33.5 Å². The SMILES string of the molecule is CCc1ccsc1-c1onc(N)c1-c1cccs1. The van der Waals surface area contributed by atoms with E-state index in [4.69, 9.17) is 10.3 Å². The van der Waals surface area contributed by atoms with Gasteiger partial charge in [0.1, 0.15) is 0 Å². The molecule has 3 aromatic heterocycles. The Kier molecular flexibility index (Phi) is 2.93. The van der Waals surface area contributed by atoms with Gasteiger partial charge in [0.05, 0.1) is 10.4 Å². The average molecular weight is 276 g/mol. The molecular weight excluding hydrogens is 264 g/mol. The molecule has 0 radical (unpaired) electrons. The van der Waals surface area contributed by atoms with Gasteiger partial charge in [-0.3, -0.25) is 0 Å². The summed E-state index contributed by atoms with van der Waals surface area (Å²) in [5.41, 5.74) is 8.13. The first-order chi connectivity index (χ1) is 8.81. The van der Waals surface area contributed by atoms with Crippen LogP contribution in [0, 0.1) is 0 Å². The topological polar surface area (TPSA) is 52.0 Å². The average Bonchev–Trinajstić information content (AvgIpc) is 3.07. The Morgan fingerprint density at radius 3 is 2.89 bits per heavy atom. The summed E-state index contributed by atoms with van der Waals surface area (Å²) < 4.78 is 5.45. The summed E-state index contributed by atoms with van der Waals surface area (Å²) in [6, 6.07) is 6.17. The fraction of sp³-hybridized carbons (Fsp3) is 0.154. The van der Waals surface area contributed by atoms with Gasteiger partial charge in [0.15, 0.2) is 11.6 Å². The number of thiophene rings is 2. The third-order valence-electron chi connectivity index (χ3n) is 2.82. The van der Waals surface area contributed by atoms with E-state index in [2.05, 4.69) is 23.5 Å². The van der Waals surface area contributed by atoms with Crippen LogP contribution >= 0.6 is 22.7 Å². The van der Waals surface area contributed by atoms with Gasteiger partial charge in [0.2, 0.25) is 0 Å². The minimum absolute atomic E-state index is 0.461. The van der Waals surface area contributed by atoms with Crippen LogP contribution in [-0.2, 0) is 6.42 Å². The molecule has 5 heteroatoms. The van der Waals surface area contributed by atoms with Crippen LogP contribution in [0.25, 0.3) is 21.1 Å². The summed E-state index contributed by atoms with van der Waals surface area (Å²) in [4.78, 5) is 2.23. The smallest absolute Gasteiger partial charge is 0.187 e. The van der Waals surface area contributed by atoms with E-state index >= 15 is 0 Å². The molecule has 3 rings (SSSR count). The highest BCUT2D eigenvalue weighted by molar-refractivity contribution is 7.14. The molecule has 0 atom stereocenters. The van der Waals surface area contributed by atoms with Crippen LogP contribution in [-0.4, -0.2) is 5.16 Å². The van der Waals surface area contributed by atoms with Crippen molar-refractivity contribution < 1.29 is 4.52 Å². The standard InChI is InChI=1S/C13H12N2OS2/c1-2-8-5-7-18-12(8)11-10(13(14)15-16-11)9-4-3-6-17-9/h3-7H,2H2,1H3,(H2,14,15). The third kappa shape index (κ3) is 1.76. The normalized spacial score (nSPS) is 10.9. The van der Waals surface area contributed by atoms with E-state index < -0.39 is 0 Å². The maximum absolute atomic E-state index is 5.94. The monoisotopic (exact) mass is 276 g/mol. The van der Waals surface area contributed by atoms with Crippen LogP contribution in [0.5, 0.6) is 0 Å². The first kappa shape index (κ1) is 11.5. The van der Waals surface area contributed by atoms with E-state index in [-0.39, 0.29) is 0 Å². The Balaban J connectivity index is 2.20.